The molecule has 0 aliphatic rings. The van der Waals surface area contributed by atoms with E-state index in [0.717, 1.165) is 32.6 Å². The topological polar surface area (TPSA) is 62.4 Å². The standard InChI is InChI=1S/C17H37N3O2/c1-5-9-11-18-13-17(7-3,14-19-12-10-6-2)15-22-16(21)20-8-4/h18-19H,5-15H2,1-4H3,(H,20,21). The molecule has 132 valence electrons. The van der Waals surface area contributed by atoms with Crippen molar-refractivity contribution in [3.63, 3.8) is 0 Å². The van der Waals surface area contributed by atoms with Gasteiger partial charge in [0.2, 0.25) is 0 Å². The molecule has 0 heterocycles. The molecule has 0 aliphatic carbocycles. The zero-order valence-corrected chi connectivity index (χ0v) is 15.1. The molecular weight excluding hydrogens is 278 g/mol. The first-order valence-corrected chi connectivity index (χ1v) is 8.96. The molecule has 0 spiro atoms. The van der Waals surface area contributed by atoms with Gasteiger partial charge in [-0.25, -0.2) is 4.79 Å². The van der Waals surface area contributed by atoms with Gasteiger partial charge in [0.25, 0.3) is 0 Å². The number of rotatable bonds is 14. The summed E-state index contributed by atoms with van der Waals surface area (Å²) in [5.74, 6) is 0. The Morgan fingerprint density at radius 1 is 0.955 bits per heavy atom. The molecule has 0 rings (SSSR count). The molecule has 0 unspecified atom stereocenters. The van der Waals surface area contributed by atoms with Crippen LogP contribution in [0.2, 0.25) is 0 Å². The van der Waals surface area contributed by atoms with Crippen molar-refractivity contribution in [2.75, 3.05) is 39.3 Å². The Morgan fingerprint density at radius 3 is 1.91 bits per heavy atom. The van der Waals surface area contributed by atoms with E-state index in [1.165, 1.54) is 25.7 Å². The zero-order valence-electron chi connectivity index (χ0n) is 15.1. The van der Waals surface area contributed by atoms with Gasteiger partial charge in [-0.15, -0.1) is 0 Å². The summed E-state index contributed by atoms with van der Waals surface area (Å²) >= 11 is 0. The van der Waals surface area contributed by atoms with Crippen LogP contribution in [0.1, 0.15) is 59.8 Å². The fraction of sp³-hybridized carbons (Fsp3) is 0.941. The first-order valence-electron chi connectivity index (χ1n) is 8.96. The van der Waals surface area contributed by atoms with Gasteiger partial charge in [0, 0.05) is 25.0 Å². The van der Waals surface area contributed by atoms with Gasteiger partial charge in [0.1, 0.15) is 6.61 Å². The van der Waals surface area contributed by atoms with E-state index in [2.05, 4.69) is 36.7 Å². The number of hydrogen-bond donors (Lipinski definition) is 3. The lowest BCUT2D eigenvalue weighted by Gasteiger charge is -2.33. The Bertz CT molecular complexity index is 261. The van der Waals surface area contributed by atoms with Gasteiger partial charge >= 0.3 is 6.09 Å². The van der Waals surface area contributed by atoms with Gasteiger partial charge in [-0.3, -0.25) is 0 Å². The van der Waals surface area contributed by atoms with Crippen molar-refractivity contribution in [3.8, 4) is 0 Å². The van der Waals surface area contributed by atoms with E-state index in [4.69, 9.17) is 4.74 Å². The van der Waals surface area contributed by atoms with Gasteiger partial charge in [-0.05, 0) is 39.3 Å². The lowest BCUT2D eigenvalue weighted by atomic mass is 9.85. The van der Waals surface area contributed by atoms with Crippen LogP contribution in [0.15, 0.2) is 0 Å². The Labute approximate surface area is 137 Å². The van der Waals surface area contributed by atoms with E-state index >= 15 is 0 Å². The molecule has 0 aromatic carbocycles. The second kappa shape index (κ2) is 13.8. The van der Waals surface area contributed by atoms with Gasteiger partial charge in [-0.1, -0.05) is 33.6 Å². The van der Waals surface area contributed by atoms with E-state index < -0.39 is 0 Å². The highest BCUT2D eigenvalue weighted by Crippen LogP contribution is 2.21. The number of hydrogen-bond acceptors (Lipinski definition) is 4. The van der Waals surface area contributed by atoms with Crippen molar-refractivity contribution in [2.45, 2.75) is 59.8 Å². The van der Waals surface area contributed by atoms with Crippen molar-refractivity contribution in [2.24, 2.45) is 5.41 Å². The number of amides is 1. The molecule has 0 fully saturated rings. The van der Waals surface area contributed by atoms with Crippen LogP contribution in [-0.4, -0.2) is 45.4 Å². The first kappa shape index (κ1) is 21.2. The average Bonchev–Trinajstić information content (AvgIpc) is 2.53. The van der Waals surface area contributed by atoms with E-state index in [1.807, 2.05) is 6.92 Å². The molecule has 0 bridgehead atoms. The lowest BCUT2D eigenvalue weighted by molar-refractivity contribution is 0.0771. The monoisotopic (exact) mass is 315 g/mol. The minimum absolute atomic E-state index is 0.0352. The number of unbranched alkanes of at least 4 members (excludes halogenated alkanes) is 2. The van der Waals surface area contributed by atoms with Crippen molar-refractivity contribution in [1.82, 2.24) is 16.0 Å². The summed E-state index contributed by atoms with van der Waals surface area (Å²) in [6.07, 6.45) is 5.40. The Kier molecular flexibility index (Phi) is 13.3. The van der Waals surface area contributed by atoms with Crippen LogP contribution in [0.4, 0.5) is 4.79 Å². The Morgan fingerprint density at radius 2 is 1.50 bits per heavy atom. The van der Waals surface area contributed by atoms with Crippen molar-refractivity contribution in [3.05, 3.63) is 0 Å². The second-order valence-electron chi connectivity index (χ2n) is 6.02. The normalized spacial score (nSPS) is 11.5. The van der Waals surface area contributed by atoms with Crippen LogP contribution in [0, 0.1) is 5.41 Å². The maximum atomic E-state index is 11.6. The van der Waals surface area contributed by atoms with Gasteiger partial charge in [0.15, 0.2) is 0 Å². The van der Waals surface area contributed by atoms with Crippen LogP contribution < -0.4 is 16.0 Å². The van der Waals surface area contributed by atoms with E-state index in [1.54, 1.807) is 0 Å². The molecular formula is C17H37N3O2. The second-order valence-corrected chi connectivity index (χ2v) is 6.02. The molecule has 1 amide bonds. The Hall–Kier alpha value is -0.810. The third kappa shape index (κ3) is 10.0. The van der Waals surface area contributed by atoms with Crippen LogP contribution >= 0.6 is 0 Å². The highest BCUT2D eigenvalue weighted by atomic mass is 16.5. The van der Waals surface area contributed by atoms with E-state index in [-0.39, 0.29) is 11.5 Å². The lowest BCUT2D eigenvalue weighted by Crippen LogP contribution is -2.46. The molecule has 0 saturated carbocycles. The predicted octanol–water partition coefficient (Wildman–Crippen LogP) is 2.91. The predicted molar refractivity (Wildman–Crippen MR) is 93.3 cm³/mol. The molecule has 0 radical (unpaired) electrons. The number of nitrogens with one attached hydrogen (secondary N) is 3. The summed E-state index contributed by atoms with van der Waals surface area (Å²) in [5.41, 5.74) is -0.0352. The maximum Gasteiger partial charge on any atom is 0.407 e. The first-order chi connectivity index (χ1) is 10.6. The molecule has 0 aromatic heterocycles. The summed E-state index contributed by atoms with van der Waals surface area (Å²) in [6, 6.07) is 0. The summed E-state index contributed by atoms with van der Waals surface area (Å²) in [6.45, 7) is 13.3. The smallest absolute Gasteiger partial charge is 0.407 e. The molecule has 0 saturated heterocycles. The SMILES string of the molecule is CCCCNCC(CC)(CNCCCC)COC(=O)NCC. The number of carbonyl (C=O) groups excluding carboxylic acids is 1. The molecule has 5 nitrogen and oxygen atoms in total. The summed E-state index contributed by atoms with van der Waals surface area (Å²) in [7, 11) is 0. The zero-order chi connectivity index (χ0) is 16.7. The molecule has 5 heteroatoms. The van der Waals surface area contributed by atoms with Crippen LogP contribution in [0.3, 0.4) is 0 Å². The fourth-order valence-corrected chi connectivity index (χ4v) is 2.24. The molecule has 3 N–H and O–H groups in total. The third-order valence-corrected chi connectivity index (χ3v) is 3.99. The van der Waals surface area contributed by atoms with E-state index in [0.29, 0.717) is 13.2 Å². The van der Waals surface area contributed by atoms with E-state index in [9.17, 15) is 4.79 Å². The Balaban J connectivity index is 4.43. The maximum absolute atomic E-state index is 11.6. The number of alkyl carbamates (subject to hydrolysis) is 1. The summed E-state index contributed by atoms with van der Waals surface area (Å²) < 4.78 is 5.42. The van der Waals surface area contributed by atoms with Crippen molar-refractivity contribution in [1.29, 1.82) is 0 Å². The largest absolute Gasteiger partial charge is 0.449 e. The van der Waals surface area contributed by atoms with Gasteiger partial charge < -0.3 is 20.7 Å². The van der Waals surface area contributed by atoms with Crippen molar-refractivity contribution >= 4 is 6.09 Å². The van der Waals surface area contributed by atoms with Crippen LogP contribution in [0.25, 0.3) is 0 Å². The summed E-state index contributed by atoms with van der Waals surface area (Å²) in [4.78, 5) is 11.6. The molecule has 22 heavy (non-hydrogen) atoms. The van der Waals surface area contributed by atoms with Gasteiger partial charge in [-0.2, -0.15) is 0 Å². The fourth-order valence-electron chi connectivity index (χ4n) is 2.24. The van der Waals surface area contributed by atoms with Crippen LogP contribution in [0.5, 0.6) is 0 Å². The quantitative estimate of drug-likeness (QED) is 0.431. The molecule has 0 aromatic rings. The molecule has 0 atom stereocenters. The minimum atomic E-state index is -0.317. The summed E-state index contributed by atoms with van der Waals surface area (Å²) in [5, 5.41) is 9.74. The third-order valence-electron chi connectivity index (χ3n) is 3.99. The highest BCUT2D eigenvalue weighted by molar-refractivity contribution is 5.67. The highest BCUT2D eigenvalue weighted by Gasteiger charge is 2.29. The molecule has 0 aliphatic heterocycles. The number of ether oxygens (including phenoxy) is 1. The minimum Gasteiger partial charge on any atom is -0.449 e. The van der Waals surface area contributed by atoms with Gasteiger partial charge in [0.05, 0.1) is 0 Å². The van der Waals surface area contributed by atoms with Crippen LogP contribution in [-0.2, 0) is 4.74 Å². The average molecular weight is 316 g/mol. The number of carbonyl (C=O) groups is 1. The van der Waals surface area contributed by atoms with Crippen molar-refractivity contribution < 1.29 is 9.53 Å².